The molecule has 27 heavy (non-hydrogen) atoms. The Morgan fingerprint density at radius 3 is 2.07 bits per heavy atom. The fraction of sp³-hybridized carbons (Fsp3) is 0.905. The van der Waals surface area contributed by atoms with Crippen molar-refractivity contribution >= 4 is 12.3 Å². The topological polar surface area (TPSA) is 71.1 Å². The molecule has 0 aromatic carbocycles. The van der Waals surface area contributed by atoms with Gasteiger partial charge in [-0.15, -0.1) is 0 Å². The normalized spacial score (nSPS) is 19.8. The maximum Gasteiger partial charge on any atom is 0.508 e. The summed E-state index contributed by atoms with van der Waals surface area (Å²) in [5.74, 6) is 0.772. The lowest BCUT2D eigenvalue weighted by Crippen LogP contribution is -2.32. The summed E-state index contributed by atoms with van der Waals surface area (Å²) in [5, 5.41) is 0. The Bertz CT molecular complexity index is 421. The van der Waals surface area contributed by atoms with Gasteiger partial charge in [-0.3, -0.25) is 0 Å². The highest BCUT2D eigenvalue weighted by molar-refractivity contribution is 5.60. The van der Waals surface area contributed by atoms with Crippen LogP contribution in [0.3, 0.4) is 0 Å². The number of ether oxygens (including phenoxy) is 4. The Labute approximate surface area is 164 Å². The largest absolute Gasteiger partial charge is 0.508 e. The molecule has 2 atom stereocenters. The summed E-state index contributed by atoms with van der Waals surface area (Å²) in [7, 11) is 0. The smallest absolute Gasteiger partial charge is 0.434 e. The molecule has 0 spiro atoms. The lowest BCUT2D eigenvalue weighted by Gasteiger charge is -2.28. The Kier molecular flexibility index (Phi) is 11.9. The molecule has 0 radical (unpaired) electrons. The van der Waals surface area contributed by atoms with Gasteiger partial charge in [0.25, 0.3) is 0 Å². The minimum Gasteiger partial charge on any atom is -0.434 e. The van der Waals surface area contributed by atoms with Crippen LogP contribution in [0.4, 0.5) is 9.59 Å². The van der Waals surface area contributed by atoms with Crippen LogP contribution in [0.25, 0.3) is 0 Å². The second-order valence-corrected chi connectivity index (χ2v) is 8.11. The summed E-state index contributed by atoms with van der Waals surface area (Å²) in [5.41, 5.74) is 0. The monoisotopic (exact) mass is 386 g/mol. The first-order valence-electron chi connectivity index (χ1n) is 10.6. The first-order chi connectivity index (χ1) is 12.9. The van der Waals surface area contributed by atoms with E-state index in [9.17, 15) is 9.59 Å². The molecular formula is C21H38O6. The van der Waals surface area contributed by atoms with Gasteiger partial charge in [-0.1, -0.05) is 46.0 Å². The molecule has 1 aliphatic carbocycles. The van der Waals surface area contributed by atoms with E-state index in [0.717, 1.165) is 38.0 Å². The van der Waals surface area contributed by atoms with Gasteiger partial charge < -0.3 is 18.9 Å². The minimum absolute atomic E-state index is 0.210. The molecule has 6 heteroatoms. The van der Waals surface area contributed by atoms with Crippen LogP contribution < -0.4 is 0 Å². The van der Waals surface area contributed by atoms with Crippen molar-refractivity contribution < 1.29 is 28.5 Å². The molecular weight excluding hydrogens is 348 g/mol. The van der Waals surface area contributed by atoms with Crippen molar-refractivity contribution in [2.45, 2.75) is 110 Å². The van der Waals surface area contributed by atoms with Gasteiger partial charge in [-0.25, -0.2) is 9.59 Å². The Morgan fingerprint density at radius 1 is 0.852 bits per heavy atom. The van der Waals surface area contributed by atoms with Gasteiger partial charge in [-0.05, 0) is 45.4 Å². The third-order valence-corrected chi connectivity index (χ3v) is 4.58. The molecule has 0 amide bonds. The summed E-state index contributed by atoms with van der Waals surface area (Å²) in [6.07, 6.45) is 7.76. The highest BCUT2D eigenvalue weighted by Gasteiger charge is 2.28. The molecule has 1 saturated carbocycles. The summed E-state index contributed by atoms with van der Waals surface area (Å²) >= 11 is 0. The van der Waals surface area contributed by atoms with Crippen molar-refractivity contribution in [3.8, 4) is 0 Å². The molecule has 2 unspecified atom stereocenters. The van der Waals surface area contributed by atoms with Gasteiger partial charge in [0.1, 0.15) is 12.2 Å². The summed E-state index contributed by atoms with van der Waals surface area (Å²) in [4.78, 5) is 23.4. The van der Waals surface area contributed by atoms with Crippen molar-refractivity contribution in [1.82, 2.24) is 0 Å². The average molecular weight is 387 g/mol. The van der Waals surface area contributed by atoms with Crippen LogP contribution in [0.2, 0.25) is 0 Å². The van der Waals surface area contributed by atoms with E-state index in [4.69, 9.17) is 18.9 Å². The summed E-state index contributed by atoms with van der Waals surface area (Å²) in [6, 6.07) is 0. The Hall–Kier alpha value is -1.46. The first kappa shape index (κ1) is 23.6. The Balaban J connectivity index is 2.09. The van der Waals surface area contributed by atoms with Crippen LogP contribution >= 0.6 is 0 Å². The van der Waals surface area contributed by atoms with Gasteiger partial charge in [0.15, 0.2) is 0 Å². The van der Waals surface area contributed by atoms with Crippen LogP contribution in [0.5, 0.6) is 0 Å². The molecule has 0 bridgehead atoms. The van der Waals surface area contributed by atoms with Gasteiger partial charge in [0.05, 0.1) is 12.7 Å². The second kappa shape index (κ2) is 13.7. The van der Waals surface area contributed by atoms with Crippen LogP contribution in [0.1, 0.15) is 91.9 Å². The predicted octanol–water partition coefficient (Wildman–Crippen LogP) is 6.01. The molecule has 0 aliphatic heterocycles. The molecule has 1 aliphatic rings. The third-order valence-electron chi connectivity index (χ3n) is 4.58. The molecule has 0 heterocycles. The molecule has 158 valence electrons. The number of unbranched alkanes of at least 4 members (excludes halogenated alkanes) is 4. The number of carbonyl (C=O) groups excluding carboxylic acids is 2. The van der Waals surface area contributed by atoms with Crippen LogP contribution in [-0.2, 0) is 18.9 Å². The molecule has 0 N–H and O–H groups in total. The maximum absolute atomic E-state index is 11.8. The lowest BCUT2D eigenvalue weighted by molar-refractivity contribution is -0.0400. The lowest BCUT2D eigenvalue weighted by atomic mass is 9.95. The number of rotatable bonds is 11. The molecule has 0 aromatic rings. The highest BCUT2D eigenvalue weighted by Crippen LogP contribution is 2.24. The van der Waals surface area contributed by atoms with Gasteiger partial charge in [-0.2, -0.15) is 0 Å². The number of hydrogen-bond acceptors (Lipinski definition) is 6. The quantitative estimate of drug-likeness (QED) is 0.320. The third kappa shape index (κ3) is 12.5. The van der Waals surface area contributed by atoms with Gasteiger partial charge in [0, 0.05) is 6.42 Å². The minimum atomic E-state index is -0.661. The van der Waals surface area contributed by atoms with E-state index in [0.29, 0.717) is 13.0 Å². The molecule has 1 rings (SSSR count). The van der Waals surface area contributed by atoms with Crippen molar-refractivity contribution in [3.63, 3.8) is 0 Å². The van der Waals surface area contributed by atoms with Crippen molar-refractivity contribution in [2.75, 3.05) is 6.61 Å². The maximum atomic E-state index is 11.8. The molecule has 0 saturated heterocycles. The SMILES string of the molecule is CC(C)CCCCCCCOC(=O)OC1CCCC(OC(=O)OC(C)C)C1. The van der Waals surface area contributed by atoms with E-state index < -0.39 is 12.3 Å². The average Bonchev–Trinajstić information content (AvgIpc) is 2.56. The van der Waals surface area contributed by atoms with E-state index in [1.165, 1.54) is 25.7 Å². The fourth-order valence-corrected chi connectivity index (χ4v) is 3.18. The van der Waals surface area contributed by atoms with E-state index in [-0.39, 0.29) is 18.3 Å². The number of carbonyl (C=O) groups is 2. The zero-order valence-corrected chi connectivity index (χ0v) is 17.5. The van der Waals surface area contributed by atoms with E-state index in [2.05, 4.69) is 13.8 Å². The molecule has 0 aromatic heterocycles. The zero-order valence-electron chi connectivity index (χ0n) is 17.5. The van der Waals surface area contributed by atoms with Crippen LogP contribution in [0.15, 0.2) is 0 Å². The molecule has 1 fully saturated rings. The second-order valence-electron chi connectivity index (χ2n) is 8.11. The van der Waals surface area contributed by atoms with Crippen molar-refractivity contribution in [3.05, 3.63) is 0 Å². The van der Waals surface area contributed by atoms with Gasteiger partial charge >= 0.3 is 12.3 Å². The summed E-state index contributed by atoms with van der Waals surface area (Å²) < 4.78 is 20.8. The van der Waals surface area contributed by atoms with E-state index >= 15 is 0 Å². The zero-order chi connectivity index (χ0) is 20.1. The van der Waals surface area contributed by atoms with Crippen molar-refractivity contribution in [2.24, 2.45) is 5.92 Å². The van der Waals surface area contributed by atoms with Crippen molar-refractivity contribution in [1.29, 1.82) is 0 Å². The first-order valence-corrected chi connectivity index (χ1v) is 10.6. The van der Waals surface area contributed by atoms with E-state index in [1.807, 2.05) is 0 Å². The van der Waals surface area contributed by atoms with Crippen LogP contribution in [-0.4, -0.2) is 37.2 Å². The van der Waals surface area contributed by atoms with E-state index in [1.54, 1.807) is 13.8 Å². The number of hydrogen-bond donors (Lipinski definition) is 0. The Morgan fingerprint density at radius 2 is 1.44 bits per heavy atom. The van der Waals surface area contributed by atoms with Gasteiger partial charge in [0.2, 0.25) is 0 Å². The fourth-order valence-electron chi connectivity index (χ4n) is 3.18. The standard InChI is InChI=1S/C21H38O6/c1-16(2)11-8-6-5-7-9-14-24-20(22)26-18-12-10-13-19(15-18)27-21(23)25-17(3)4/h16-19H,5-15H2,1-4H3. The van der Waals surface area contributed by atoms with Crippen LogP contribution in [0, 0.1) is 5.92 Å². The highest BCUT2D eigenvalue weighted by atomic mass is 16.7. The molecule has 6 nitrogen and oxygen atoms in total. The predicted molar refractivity (Wildman–Crippen MR) is 104 cm³/mol. The summed E-state index contributed by atoms with van der Waals surface area (Å²) in [6.45, 7) is 8.44.